The van der Waals surface area contributed by atoms with Crippen molar-refractivity contribution in [2.45, 2.75) is 72.9 Å². The maximum Gasteiger partial charge on any atom is 0.460 e. The number of alkyl halides is 7. The van der Waals surface area contributed by atoms with E-state index in [1.807, 2.05) is 41.5 Å². The molecule has 190 valence electrons. The van der Waals surface area contributed by atoms with Gasteiger partial charge in [-0.05, 0) is 24.2 Å². The molecule has 0 radical (unpaired) electrons. The van der Waals surface area contributed by atoms with E-state index in [9.17, 15) is 40.3 Å². The van der Waals surface area contributed by atoms with Gasteiger partial charge in [-0.1, -0.05) is 41.5 Å². The minimum atomic E-state index is -6.52. The molecule has 0 aromatic rings. The molecule has 5 nitrogen and oxygen atoms in total. The van der Waals surface area contributed by atoms with Crippen LogP contribution in [0.3, 0.4) is 0 Å². The molecule has 0 amide bonds. The highest BCUT2D eigenvalue weighted by Gasteiger charge is 2.73. The van der Waals surface area contributed by atoms with Gasteiger partial charge in [-0.25, -0.2) is 4.79 Å². The van der Waals surface area contributed by atoms with Crippen LogP contribution >= 0.6 is 0 Å². The average Bonchev–Trinajstić information content (AvgIpc) is 2.55. The maximum atomic E-state index is 13.1. The van der Waals surface area contributed by atoms with Crippen molar-refractivity contribution >= 4 is 11.9 Å². The highest BCUT2D eigenvalue weighted by Crippen LogP contribution is 2.48. The first-order valence-electron chi connectivity index (χ1n) is 9.71. The summed E-state index contributed by atoms with van der Waals surface area (Å²) in [6, 6.07) is 0. The van der Waals surface area contributed by atoms with Crippen molar-refractivity contribution in [3.63, 3.8) is 0 Å². The van der Waals surface area contributed by atoms with Crippen molar-refractivity contribution in [3.8, 4) is 0 Å². The smallest absolute Gasteiger partial charge is 0.460 e. The summed E-state index contributed by atoms with van der Waals surface area (Å²) in [5.41, 5.74) is -1.50. The monoisotopic (exact) mass is 484 g/mol. The van der Waals surface area contributed by atoms with Crippen LogP contribution in [0.25, 0.3) is 0 Å². The molecule has 0 saturated carbocycles. The first-order chi connectivity index (χ1) is 14.0. The van der Waals surface area contributed by atoms with Crippen molar-refractivity contribution in [2.24, 2.45) is 16.2 Å². The third-order valence-corrected chi connectivity index (χ3v) is 4.90. The summed E-state index contributed by atoms with van der Waals surface area (Å²) >= 11 is 0. The van der Waals surface area contributed by atoms with Crippen LogP contribution in [-0.4, -0.2) is 56.4 Å². The van der Waals surface area contributed by atoms with Crippen LogP contribution in [-0.2, 0) is 23.8 Å². The van der Waals surface area contributed by atoms with Crippen LogP contribution in [0.1, 0.15) is 54.9 Å². The lowest BCUT2D eigenvalue weighted by Crippen LogP contribution is -2.54. The second-order valence-corrected chi connectivity index (χ2v) is 9.95. The maximum absolute atomic E-state index is 13.1. The number of ether oxygens (including phenoxy) is 3. The quantitative estimate of drug-likeness (QED) is 0.236. The molecule has 0 rings (SSSR count). The predicted octanol–water partition coefficient (Wildman–Crippen LogP) is 5.41. The molecule has 0 aromatic heterocycles. The Bertz CT molecular complexity index is 648. The molecule has 0 bridgehead atoms. The topological polar surface area (TPSA) is 61.8 Å². The highest BCUT2D eigenvalue weighted by molar-refractivity contribution is 5.77. The second kappa shape index (κ2) is 10.1. The molecule has 0 spiro atoms. The summed E-state index contributed by atoms with van der Waals surface area (Å²) in [6.45, 7) is 9.15. The van der Waals surface area contributed by atoms with Crippen molar-refractivity contribution < 1.29 is 54.5 Å². The third kappa shape index (κ3) is 8.08. The van der Waals surface area contributed by atoms with Gasteiger partial charge in [-0.2, -0.15) is 30.7 Å². The Morgan fingerprint density at radius 3 is 1.66 bits per heavy atom. The minimum absolute atomic E-state index is 0.188. The number of carbonyl (C=O) groups excluding carboxylic acids is 2. The zero-order valence-electron chi connectivity index (χ0n) is 19.2. The van der Waals surface area contributed by atoms with Crippen molar-refractivity contribution in [2.75, 3.05) is 26.4 Å². The van der Waals surface area contributed by atoms with Crippen molar-refractivity contribution in [3.05, 3.63) is 0 Å². The highest BCUT2D eigenvalue weighted by atomic mass is 19.4. The summed E-state index contributed by atoms with van der Waals surface area (Å²) in [6.07, 6.45) is -6.01. The summed E-state index contributed by atoms with van der Waals surface area (Å²) in [5.74, 6) is -14.1. The zero-order chi connectivity index (χ0) is 25.8. The largest absolute Gasteiger partial charge is 0.463 e. The SMILES string of the molecule is CC(C)(C)CC(C)(C(=O)OCCOCC(=O)OCC(F)(F)C(F)(F)C(F)(F)F)C(C)(C)C. The molecule has 12 heteroatoms. The predicted molar refractivity (Wildman–Crippen MR) is 100 cm³/mol. The molecule has 1 unspecified atom stereocenters. The van der Waals surface area contributed by atoms with E-state index >= 15 is 0 Å². The molecule has 0 aliphatic heterocycles. The van der Waals surface area contributed by atoms with Gasteiger partial charge in [0.05, 0.1) is 12.0 Å². The summed E-state index contributed by atoms with van der Waals surface area (Å²) in [7, 11) is 0. The molecule has 1 atom stereocenters. The zero-order valence-corrected chi connectivity index (χ0v) is 19.2. The van der Waals surface area contributed by atoms with E-state index in [0.717, 1.165) is 0 Å². The molecule has 0 fully saturated rings. The molecule has 0 aliphatic rings. The van der Waals surface area contributed by atoms with Crippen LogP contribution in [0.4, 0.5) is 30.7 Å². The van der Waals surface area contributed by atoms with Gasteiger partial charge >= 0.3 is 30.0 Å². The number of rotatable bonds is 10. The van der Waals surface area contributed by atoms with Crippen LogP contribution in [0, 0.1) is 16.2 Å². The Morgan fingerprint density at radius 2 is 1.25 bits per heavy atom. The second-order valence-electron chi connectivity index (χ2n) is 9.95. The van der Waals surface area contributed by atoms with E-state index in [4.69, 9.17) is 9.47 Å². The lowest BCUT2D eigenvalue weighted by atomic mass is 9.61. The lowest BCUT2D eigenvalue weighted by molar-refractivity contribution is -0.359. The fourth-order valence-corrected chi connectivity index (χ4v) is 2.72. The Balaban J connectivity index is 4.60. The molecule has 32 heavy (non-hydrogen) atoms. The summed E-state index contributed by atoms with van der Waals surface area (Å²) < 4.78 is 101. The van der Waals surface area contributed by atoms with Crippen molar-refractivity contribution in [1.29, 1.82) is 0 Å². The minimum Gasteiger partial charge on any atom is -0.463 e. The van der Waals surface area contributed by atoms with Crippen LogP contribution < -0.4 is 0 Å². The molecule has 0 aliphatic carbocycles. The Morgan fingerprint density at radius 1 is 0.750 bits per heavy atom. The van der Waals surface area contributed by atoms with E-state index in [1.165, 1.54) is 0 Å². The fourth-order valence-electron chi connectivity index (χ4n) is 2.72. The Hall–Kier alpha value is -1.59. The molecule has 0 heterocycles. The van der Waals surface area contributed by atoms with Gasteiger partial charge in [0.25, 0.3) is 0 Å². The fraction of sp³-hybridized carbons (Fsp3) is 0.900. The number of hydrogen-bond donors (Lipinski definition) is 0. The van der Waals surface area contributed by atoms with Gasteiger partial charge in [0.1, 0.15) is 13.2 Å². The van der Waals surface area contributed by atoms with E-state index in [1.54, 1.807) is 6.92 Å². The standard InChI is InChI=1S/C20H31F7O5/c1-15(2,3)11-17(7,16(4,5)6)14(29)31-9-8-30-10-13(28)32-12-18(21,22)19(23,24)20(25,26)27/h8-12H2,1-7H3. The van der Waals surface area contributed by atoms with Crippen LogP contribution in [0.2, 0.25) is 0 Å². The van der Waals surface area contributed by atoms with E-state index in [0.29, 0.717) is 6.42 Å². The normalized spacial score (nSPS) is 15.8. The summed E-state index contributed by atoms with van der Waals surface area (Å²) in [5, 5.41) is 0. The Labute approximate surface area is 182 Å². The molecule has 0 saturated heterocycles. The molecule has 0 N–H and O–H groups in total. The van der Waals surface area contributed by atoms with Gasteiger partial charge < -0.3 is 14.2 Å². The van der Waals surface area contributed by atoms with Gasteiger partial charge in [-0.3, -0.25) is 4.79 Å². The van der Waals surface area contributed by atoms with Gasteiger partial charge in [-0.15, -0.1) is 0 Å². The van der Waals surface area contributed by atoms with E-state index in [2.05, 4.69) is 4.74 Å². The number of halogens is 7. The summed E-state index contributed by atoms with van der Waals surface area (Å²) in [4.78, 5) is 24.0. The van der Waals surface area contributed by atoms with E-state index < -0.39 is 54.0 Å². The van der Waals surface area contributed by atoms with Gasteiger partial charge in [0.2, 0.25) is 0 Å². The third-order valence-electron chi connectivity index (χ3n) is 4.90. The number of hydrogen-bond acceptors (Lipinski definition) is 5. The average molecular weight is 484 g/mol. The van der Waals surface area contributed by atoms with Gasteiger partial charge in [0.15, 0.2) is 6.61 Å². The molecular weight excluding hydrogens is 453 g/mol. The first-order valence-corrected chi connectivity index (χ1v) is 9.71. The molecule has 0 aromatic carbocycles. The van der Waals surface area contributed by atoms with Gasteiger partial charge in [0, 0.05) is 0 Å². The number of esters is 2. The molecular formula is C20H31F7O5. The van der Waals surface area contributed by atoms with Crippen molar-refractivity contribution in [1.82, 2.24) is 0 Å². The van der Waals surface area contributed by atoms with Crippen LogP contribution in [0.5, 0.6) is 0 Å². The van der Waals surface area contributed by atoms with Crippen LogP contribution in [0.15, 0.2) is 0 Å². The Kier molecular flexibility index (Phi) is 9.63. The first kappa shape index (κ1) is 30.4. The van der Waals surface area contributed by atoms with E-state index in [-0.39, 0.29) is 18.6 Å². The number of carbonyl (C=O) groups is 2. The lowest BCUT2D eigenvalue weighted by Gasteiger charge is -2.43.